The first-order valence-corrected chi connectivity index (χ1v) is 25.3. The summed E-state index contributed by atoms with van der Waals surface area (Å²) in [6.45, 7) is 4.78. The second-order valence-electron chi connectivity index (χ2n) is 19.1. The molecule has 0 radical (unpaired) electrons. The number of aromatic carboxylic acids is 1. The van der Waals surface area contributed by atoms with E-state index in [-0.39, 0.29) is 73.8 Å². The highest BCUT2D eigenvalue weighted by Crippen LogP contribution is 2.32. The van der Waals surface area contributed by atoms with Crippen LogP contribution in [0.3, 0.4) is 0 Å². The molecule has 10 rings (SSSR count). The number of piperidine rings is 2. The van der Waals surface area contributed by atoms with Crippen LogP contribution in [0.1, 0.15) is 93.0 Å². The summed E-state index contributed by atoms with van der Waals surface area (Å²) in [6.07, 6.45) is 15.9. The van der Waals surface area contributed by atoms with Crippen molar-refractivity contribution in [3.8, 4) is 22.8 Å². The van der Waals surface area contributed by atoms with Gasteiger partial charge in [0.1, 0.15) is 34.3 Å². The number of likely N-dealkylation sites (tertiary alicyclic amines) is 1. The Bertz CT molecular complexity index is 3510. The number of alkyl halides is 4. The normalized spacial score (nSPS) is 14.9. The number of aryl methyl sites for hydroxylation is 4. The first kappa shape index (κ1) is 56.2. The minimum atomic E-state index is -2.72. The molecule has 0 bridgehead atoms. The number of carbonyl (C=O) groups excluding carboxylic acids is 3. The van der Waals surface area contributed by atoms with Crippen LogP contribution >= 0.6 is 0 Å². The number of aromatic nitrogens is 6. The van der Waals surface area contributed by atoms with Gasteiger partial charge in [-0.2, -0.15) is 0 Å². The van der Waals surface area contributed by atoms with Gasteiger partial charge in [-0.3, -0.25) is 14.4 Å². The average molecular weight is 1080 g/mol. The smallest absolute Gasteiger partial charge is 0.338 e. The topological polar surface area (TPSA) is 259 Å². The Hall–Kier alpha value is -8.98. The van der Waals surface area contributed by atoms with E-state index in [4.69, 9.17) is 25.4 Å². The van der Waals surface area contributed by atoms with Gasteiger partial charge in [0.15, 0.2) is 23.2 Å². The van der Waals surface area contributed by atoms with Crippen molar-refractivity contribution in [3.63, 3.8) is 0 Å². The molecule has 2 aliphatic rings. The van der Waals surface area contributed by atoms with E-state index in [1.807, 2.05) is 50.2 Å². The van der Waals surface area contributed by atoms with E-state index in [2.05, 4.69) is 35.2 Å². The van der Waals surface area contributed by atoms with Gasteiger partial charge in [0.05, 0.1) is 11.1 Å². The zero-order chi connectivity index (χ0) is 56.3. The number of nitrogens with one attached hydrogen (secondary N) is 1. The Morgan fingerprint density at radius 2 is 1.04 bits per heavy atom. The van der Waals surface area contributed by atoms with Gasteiger partial charge in [0.2, 0.25) is 0 Å². The van der Waals surface area contributed by atoms with E-state index in [0.29, 0.717) is 67.2 Å². The summed E-state index contributed by atoms with van der Waals surface area (Å²) in [5, 5.41) is 13.6. The molecule has 8 heterocycles. The highest BCUT2D eigenvalue weighted by atomic mass is 19.3. The van der Waals surface area contributed by atoms with Crippen molar-refractivity contribution in [3.05, 3.63) is 155 Å². The Morgan fingerprint density at radius 3 is 1.43 bits per heavy atom. The zero-order valence-corrected chi connectivity index (χ0v) is 43.2. The standard InChI is InChI=1S/C29H27F2N5O3.C24H20N4O4.C5H9F2N/c1-18-12-21(27-34-16-22(17-35-27)28(38)36-10-8-29(30,31)9-11-36)13-20-14-24(39-26(18)20)6-5-23(37)4-2-19-3-7-25(32)33-15-19;1-14-8-17(23-27-12-18(13-28-23)24(30)31)9-16-10-20(32-22(14)16)6-5-19(29)4-2-15-3-7-21(25)26-11-15;6-5(7)1-3-8-4-2-5/h2-4,7,12-17H,5-6,8-11H2,1H3,(H2,32,33);2-4,7-13H,5-6H2,1H3,(H2,25,26)(H,30,31);8H,1-4H2/b2*4-2+;. The fourth-order valence-electron chi connectivity index (χ4n) is 8.52. The van der Waals surface area contributed by atoms with Crippen LogP contribution in [0.15, 0.2) is 119 Å². The summed E-state index contributed by atoms with van der Waals surface area (Å²) in [6, 6.07) is 18.3. The van der Waals surface area contributed by atoms with Gasteiger partial charge in [0, 0.05) is 137 Å². The van der Waals surface area contributed by atoms with Gasteiger partial charge in [-0.15, -0.1) is 0 Å². The van der Waals surface area contributed by atoms with Gasteiger partial charge in [-0.25, -0.2) is 52.3 Å². The molecule has 408 valence electrons. The largest absolute Gasteiger partial charge is 0.478 e. The third-order valence-electron chi connectivity index (χ3n) is 12.9. The number of benzene rings is 2. The molecule has 6 N–H and O–H groups in total. The summed E-state index contributed by atoms with van der Waals surface area (Å²) in [4.78, 5) is 74.6. The molecule has 0 aliphatic carbocycles. The SMILES string of the molecule is Cc1cc(-c2ncc(C(=O)N3CCC(F)(F)CC3)cn2)cc2cc(CCC(=O)/C=C/c3ccc(N)nc3)oc12.Cc1cc(-c2ncc(C(=O)O)cn2)cc2cc(CCC(=O)/C=C/c3ccc(N)nc3)oc12.FC1(F)CCNCC1. The van der Waals surface area contributed by atoms with Crippen molar-refractivity contribution in [2.45, 2.75) is 77.1 Å². The van der Waals surface area contributed by atoms with Crippen LogP contribution in [-0.2, 0) is 22.4 Å². The highest BCUT2D eigenvalue weighted by molar-refractivity contribution is 5.95. The summed E-state index contributed by atoms with van der Waals surface area (Å²) in [5.74, 6) is -3.47. The number of halogens is 4. The number of hydrogen-bond acceptors (Lipinski definition) is 15. The lowest BCUT2D eigenvalue weighted by molar-refractivity contribution is -0.115. The molecule has 2 saturated heterocycles. The summed E-state index contributed by atoms with van der Waals surface area (Å²) in [7, 11) is 0. The van der Waals surface area contributed by atoms with Gasteiger partial charge in [0.25, 0.3) is 17.8 Å². The summed E-state index contributed by atoms with van der Waals surface area (Å²) < 4.78 is 63.1. The maximum Gasteiger partial charge on any atom is 0.338 e. The Labute approximate surface area is 450 Å². The quantitative estimate of drug-likeness (QED) is 0.0583. The molecule has 2 aliphatic heterocycles. The van der Waals surface area contributed by atoms with E-state index in [0.717, 1.165) is 55.3 Å². The van der Waals surface area contributed by atoms with E-state index < -0.39 is 17.8 Å². The van der Waals surface area contributed by atoms with Crippen LogP contribution in [0.5, 0.6) is 0 Å². The molecule has 0 atom stereocenters. The number of furan rings is 2. The predicted octanol–water partition coefficient (Wildman–Crippen LogP) is 10.4. The minimum Gasteiger partial charge on any atom is -0.478 e. The van der Waals surface area contributed by atoms with Crippen molar-refractivity contribution in [1.29, 1.82) is 0 Å². The van der Waals surface area contributed by atoms with Crippen molar-refractivity contribution in [1.82, 2.24) is 40.1 Å². The summed E-state index contributed by atoms with van der Waals surface area (Å²) >= 11 is 0. The number of hydrogen-bond donors (Lipinski definition) is 4. The monoisotopic (exact) mass is 1080 g/mol. The molecular weight excluding hydrogens is 1020 g/mol. The number of fused-ring (bicyclic) bond motifs is 2. The van der Waals surface area contributed by atoms with Crippen molar-refractivity contribution >= 4 is 69.2 Å². The second-order valence-corrected chi connectivity index (χ2v) is 19.1. The number of carboxylic acid groups (broad SMARTS) is 1. The van der Waals surface area contributed by atoms with E-state index in [1.54, 1.807) is 48.8 Å². The Balaban J connectivity index is 0.000000185. The predicted molar refractivity (Wildman–Crippen MR) is 290 cm³/mol. The molecule has 6 aromatic heterocycles. The molecule has 2 aromatic carbocycles. The third kappa shape index (κ3) is 15.6. The Morgan fingerprint density at radius 1 is 0.608 bits per heavy atom. The Kier molecular flexibility index (Phi) is 17.8. The average Bonchev–Trinajstić information content (AvgIpc) is 4.18. The zero-order valence-electron chi connectivity index (χ0n) is 43.2. The third-order valence-corrected chi connectivity index (χ3v) is 12.9. The second kappa shape index (κ2) is 25.0. The number of ketones is 2. The molecule has 2 fully saturated rings. The number of rotatable bonds is 14. The van der Waals surface area contributed by atoms with Crippen LogP contribution in [0, 0.1) is 13.8 Å². The van der Waals surface area contributed by atoms with Gasteiger partial charge < -0.3 is 35.6 Å². The number of nitrogens with zero attached hydrogens (tertiary/aromatic N) is 7. The minimum absolute atomic E-state index is 0.00694. The number of carboxylic acids is 1. The fraction of sp³-hybridized carbons (Fsp3) is 0.276. The van der Waals surface area contributed by atoms with Crippen molar-refractivity contribution < 1.29 is 50.7 Å². The first-order valence-electron chi connectivity index (χ1n) is 25.3. The summed E-state index contributed by atoms with van der Waals surface area (Å²) in [5.41, 5.74) is 17.8. The molecule has 0 unspecified atom stereocenters. The van der Waals surface area contributed by atoms with Crippen molar-refractivity contribution in [2.24, 2.45) is 0 Å². The van der Waals surface area contributed by atoms with E-state index >= 15 is 0 Å². The van der Waals surface area contributed by atoms with Crippen LogP contribution in [0.25, 0.3) is 56.9 Å². The van der Waals surface area contributed by atoms with Gasteiger partial charge in [-0.05, 0) is 121 Å². The molecule has 8 aromatic rings. The van der Waals surface area contributed by atoms with E-state index in [1.165, 1.54) is 41.8 Å². The molecule has 79 heavy (non-hydrogen) atoms. The number of nitrogens with two attached hydrogens (primary N) is 2. The molecule has 21 heteroatoms. The maximum atomic E-state index is 13.4. The molecule has 0 saturated carbocycles. The molecule has 0 spiro atoms. The van der Waals surface area contributed by atoms with Gasteiger partial charge in [-0.1, -0.05) is 0 Å². The molecule has 1 amide bonds. The molecule has 17 nitrogen and oxygen atoms in total. The highest BCUT2D eigenvalue weighted by Gasteiger charge is 2.36. The number of carbonyl (C=O) groups is 4. The lowest BCUT2D eigenvalue weighted by atomic mass is 10.1. The van der Waals surface area contributed by atoms with Crippen LogP contribution in [0.4, 0.5) is 29.2 Å². The van der Waals surface area contributed by atoms with E-state index in [9.17, 15) is 36.7 Å². The first-order chi connectivity index (χ1) is 37.8. The number of nitrogen functional groups attached to an aromatic ring is 2. The van der Waals surface area contributed by atoms with Crippen LogP contribution in [-0.4, -0.2) is 101 Å². The number of pyridine rings is 2. The van der Waals surface area contributed by atoms with Crippen LogP contribution in [0.2, 0.25) is 0 Å². The van der Waals surface area contributed by atoms with Gasteiger partial charge >= 0.3 is 5.97 Å². The number of anilines is 2. The maximum absolute atomic E-state index is 13.4. The van der Waals surface area contributed by atoms with Crippen LogP contribution < -0.4 is 16.8 Å². The lowest BCUT2D eigenvalue weighted by Gasteiger charge is -2.31. The number of allylic oxidation sites excluding steroid dienone is 2. The molecular formula is C58H56F4N10O7. The van der Waals surface area contributed by atoms with Crippen molar-refractivity contribution in [2.75, 3.05) is 37.6 Å². The fourth-order valence-corrected chi connectivity index (χ4v) is 8.52. The number of amides is 1. The lowest BCUT2D eigenvalue weighted by Crippen LogP contribution is -2.42.